The number of amides is 2. The molecule has 0 radical (unpaired) electrons. The summed E-state index contributed by atoms with van der Waals surface area (Å²) in [5.74, 6) is 0.122. The molecule has 0 aliphatic heterocycles. The lowest BCUT2D eigenvalue weighted by Crippen LogP contribution is -2.37. The molecule has 1 aromatic carbocycles. The van der Waals surface area contributed by atoms with Crippen molar-refractivity contribution in [2.24, 2.45) is 0 Å². The summed E-state index contributed by atoms with van der Waals surface area (Å²) < 4.78 is 0. The molecule has 1 rings (SSSR count). The van der Waals surface area contributed by atoms with Gasteiger partial charge in [0.2, 0.25) is 11.8 Å². The SMILES string of the molecule is CNC(=O)CN(C)C(=O)CSc1ccc(C(C)(C)C)cc1. The molecule has 0 saturated heterocycles. The summed E-state index contributed by atoms with van der Waals surface area (Å²) in [6.45, 7) is 6.62. The molecule has 0 aliphatic carbocycles. The van der Waals surface area contributed by atoms with E-state index in [1.807, 2.05) is 12.1 Å². The molecule has 0 atom stereocenters. The van der Waals surface area contributed by atoms with Gasteiger partial charge in [-0.25, -0.2) is 0 Å². The highest BCUT2D eigenvalue weighted by Gasteiger charge is 2.14. The number of carbonyl (C=O) groups is 2. The van der Waals surface area contributed by atoms with Crippen molar-refractivity contribution < 1.29 is 9.59 Å². The Morgan fingerprint density at radius 2 is 1.76 bits per heavy atom. The largest absolute Gasteiger partial charge is 0.358 e. The van der Waals surface area contributed by atoms with Crippen LogP contribution in [0.2, 0.25) is 0 Å². The van der Waals surface area contributed by atoms with Gasteiger partial charge in [-0.1, -0.05) is 32.9 Å². The average molecular weight is 308 g/mol. The van der Waals surface area contributed by atoms with Gasteiger partial charge >= 0.3 is 0 Å². The highest BCUT2D eigenvalue weighted by atomic mass is 32.2. The molecule has 0 fully saturated rings. The van der Waals surface area contributed by atoms with E-state index in [0.717, 1.165) is 4.90 Å². The van der Waals surface area contributed by atoms with Crippen LogP contribution in [0, 0.1) is 0 Å². The zero-order chi connectivity index (χ0) is 16.0. The van der Waals surface area contributed by atoms with Crippen LogP contribution in [0.4, 0.5) is 0 Å². The molecule has 5 heteroatoms. The maximum atomic E-state index is 11.9. The predicted molar refractivity (Wildman–Crippen MR) is 87.6 cm³/mol. The van der Waals surface area contributed by atoms with E-state index in [-0.39, 0.29) is 23.8 Å². The Bertz CT molecular complexity index is 492. The lowest BCUT2D eigenvalue weighted by atomic mass is 9.87. The van der Waals surface area contributed by atoms with E-state index in [0.29, 0.717) is 5.75 Å². The minimum Gasteiger partial charge on any atom is -0.358 e. The summed E-state index contributed by atoms with van der Waals surface area (Å²) in [7, 11) is 3.20. The van der Waals surface area contributed by atoms with Gasteiger partial charge in [0.15, 0.2) is 0 Å². The molecule has 0 saturated carbocycles. The number of likely N-dealkylation sites (N-methyl/N-ethyl adjacent to an activating group) is 2. The number of nitrogens with zero attached hydrogens (tertiary/aromatic N) is 1. The Morgan fingerprint density at radius 1 is 1.19 bits per heavy atom. The first-order valence-corrected chi connectivity index (χ1v) is 7.90. The summed E-state index contributed by atoms with van der Waals surface area (Å²) >= 11 is 1.49. The van der Waals surface area contributed by atoms with Crippen molar-refractivity contribution in [1.82, 2.24) is 10.2 Å². The molecule has 21 heavy (non-hydrogen) atoms. The summed E-state index contributed by atoms with van der Waals surface area (Å²) in [6, 6.07) is 8.27. The summed E-state index contributed by atoms with van der Waals surface area (Å²) in [5, 5.41) is 2.51. The molecule has 0 spiro atoms. The van der Waals surface area contributed by atoms with Gasteiger partial charge in [0.25, 0.3) is 0 Å². The van der Waals surface area contributed by atoms with Crippen LogP contribution in [0.3, 0.4) is 0 Å². The van der Waals surface area contributed by atoms with Crippen molar-refractivity contribution >= 4 is 23.6 Å². The maximum absolute atomic E-state index is 11.9. The van der Waals surface area contributed by atoms with Gasteiger partial charge in [0, 0.05) is 19.0 Å². The van der Waals surface area contributed by atoms with Gasteiger partial charge < -0.3 is 10.2 Å². The molecular weight excluding hydrogens is 284 g/mol. The fourth-order valence-corrected chi connectivity index (χ4v) is 2.53. The number of thioether (sulfide) groups is 1. The Balaban J connectivity index is 2.51. The Hall–Kier alpha value is -1.49. The molecular formula is C16H24N2O2S. The predicted octanol–water partition coefficient (Wildman–Crippen LogP) is 2.28. The second kappa shape index (κ2) is 7.50. The van der Waals surface area contributed by atoms with Gasteiger partial charge in [-0.2, -0.15) is 0 Å². The van der Waals surface area contributed by atoms with E-state index in [2.05, 4.69) is 38.2 Å². The molecule has 4 nitrogen and oxygen atoms in total. The number of hydrogen-bond acceptors (Lipinski definition) is 3. The molecule has 116 valence electrons. The molecule has 0 bridgehead atoms. The van der Waals surface area contributed by atoms with Crippen LogP contribution in [-0.4, -0.2) is 43.1 Å². The Kier molecular flexibility index (Phi) is 6.27. The zero-order valence-electron chi connectivity index (χ0n) is 13.4. The van der Waals surface area contributed by atoms with Gasteiger partial charge in [-0.15, -0.1) is 11.8 Å². The molecule has 0 aromatic heterocycles. The molecule has 2 amide bonds. The van der Waals surface area contributed by atoms with Gasteiger partial charge in [-0.05, 0) is 23.1 Å². The molecule has 0 heterocycles. The third-order valence-corrected chi connectivity index (χ3v) is 4.16. The minimum absolute atomic E-state index is 0.0523. The topological polar surface area (TPSA) is 49.4 Å². The molecule has 1 aromatic rings. The van der Waals surface area contributed by atoms with Crippen LogP contribution in [-0.2, 0) is 15.0 Å². The van der Waals surface area contributed by atoms with Crippen molar-refractivity contribution in [2.45, 2.75) is 31.1 Å². The van der Waals surface area contributed by atoms with Crippen molar-refractivity contribution in [3.63, 3.8) is 0 Å². The normalized spacial score (nSPS) is 11.1. The number of rotatable bonds is 5. The second-order valence-electron chi connectivity index (χ2n) is 5.99. The second-order valence-corrected chi connectivity index (χ2v) is 7.03. The molecule has 0 unspecified atom stereocenters. The van der Waals surface area contributed by atoms with Crippen molar-refractivity contribution in [1.29, 1.82) is 0 Å². The van der Waals surface area contributed by atoms with E-state index in [4.69, 9.17) is 0 Å². The van der Waals surface area contributed by atoms with Crippen LogP contribution < -0.4 is 5.32 Å². The lowest BCUT2D eigenvalue weighted by Gasteiger charge is -2.19. The average Bonchev–Trinajstić information content (AvgIpc) is 2.43. The number of hydrogen-bond donors (Lipinski definition) is 1. The molecule has 0 aliphatic rings. The highest BCUT2D eigenvalue weighted by Crippen LogP contribution is 2.25. The van der Waals surface area contributed by atoms with Crippen LogP contribution in [0.1, 0.15) is 26.3 Å². The van der Waals surface area contributed by atoms with Crippen molar-refractivity contribution in [3.05, 3.63) is 29.8 Å². The lowest BCUT2D eigenvalue weighted by molar-refractivity contribution is -0.132. The number of nitrogens with one attached hydrogen (secondary N) is 1. The Morgan fingerprint density at radius 3 is 2.24 bits per heavy atom. The third kappa shape index (κ3) is 5.79. The first kappa shape index (κ1) is 17.6. The van der Waals surface area contributed by atoms with E-state index < -0.39 is 0 Å². The first-order valence-electron chi connectivity index (χ1n) is 6.92. The van der Waals surface area contributed by atoms with Gasteiger partial charge in [0.05, 0.1) is 12.3 Å². The summed E-state index contributed by atoms with van der Waals surface area (Å²) in [6.07, 6.45) is 0. The van der Waals surface area contributed by atoms with E-state index in [9.17, 15) is 9.59 Å². The van der Waals surface area contributed by atoms with Crippen molar-refractivity contribution in [2.75, 3.05) is 26.4 Å². The van der Waals surface area contributed by atoms with Gasteiger partial charge in [-0.3, -0.25) is 9.59 Å². The van der Waals surface area contributed by atoms with E-state index >= 15 is 0 Å². The van der Waals surface area contributed by atoms with Crippen molar-refractivity contribution in [3.8, 4) is 0 Å². The smallest absolute Gasteiger partial charge is 0.239 e. The summed E-state index contributed by atoms with van der Waals surface area (Å²) in [4.78, 5) is 25.6. The minimum atomic E-state index is -0.162. The van der Waals surface area contributed by atoms with Gasteiger partial charge in [0.1, 0.15) is 0 Å². The highest BCUT2D eigenvalue weighted by molar-refractivity contribution is 8.00. The molecule has 1 N–H and O–H groups in total. The fraction of sp³-hybridized carbons (Fsp3) is 0.500. The summed E-state index contributed by atoms with van der Waals surface area (Å²) in [5.41, 5.74) is 1.40. The zero-order valence-corrected chi connectivity index (χ0v) is 14.2. The van der Waals surface area contributed by atoms with Crippen LogP contribution in [0.25, 0.3) is 0 Å². The van der Waals surface area contributed by atoms with Crippen LogP contribution >= 0.6 is 11.8 Å². The Labute approximate surface area is 131 Å². The monoisotopic (exact) mass is 308 g/mol. The maximum Gasteiger partial charge on any atom is 0.239 e. The van der Waals surface area contributed by atoms with E-state index in [1.54, 1.807) is 14.1 Å². The first-order chi connectivity index (χ1) is 9.74. The standard InChI is InChI=1S/C16H24N2O2S/c1-16(2,3)12-6-8-13(9-7-12)21-11-15(20)18(5)10-14(19)17-4/h6-9H,10-11H2,1-5H3,(H,17,19). The van der Waals surface area contributed by atoms with E-state index in [1.165, 1.54) is 22.2 Å². The third-order valence-electron chi connectivity index (χ3n) is 3.17. The van der Waals surface area contributed by atoms with Crippen LogP contribution in [0.15, 0.2) is 29.2 Å². The quantitative estimate of drug-likeness (QED) is 0.849. The van der Waals surface area contributed by atoms with Crippen LogP contribution in [0.5, 0.6) is 0 Å². The number of benzene rings is 1. The number of carbonyl (C=O) groups excluding carboxylic acids is 2. The fourth-order valence-electron chi connectivity index (χ4n) is 1.69.